The van der Waals surface area contributed by atoms with Crippen molar-refractivity contribution in [2.75, 3.05) is 11.9 Å². The molecule has 0 aliphatic carbocycles. The van der Waals surface area contributed by atoms with Gasteiger partial charge in [0.05, 0.1) is 6.21 Å². The van der Waals surface area contributed by atoms with Crippen LogP contribution < -0.4 is 15.5 Å². The van der Waals surface area contributed by atoms with Crippen molar-refractivity contribution in [3.05, 3.63) is 72.3 Å². The van der Waals surface area contributed by atoms with E-state index >= 15 is 0 Å². The number of hydrogen-bond acceptors (Lipinski definition) is 4. The second kappa shape index (κ2) is 9.02. The average molecular weight is 337 g/mol. The van der Waals surface area contributed by atoms with Gasteiger partial charge in [0.15, 0.2) is 0 Å². The molecule has 128 valence electrons. The lowest BCUT2D eigenvalue weighted by molar-refractivity contribution is -0.136. The van der Waals surface area contributed by atoms with Crippen LogP contribution in [-0.2, 0) is 9.59 Å². The van der Waals surface area contributed by atoms with E-state index in [1.165, 1.54) is 6.21 Å². The Labute approximate surface area is 146 Å². The van der Waals surface area contributed by atoms with Gasteiger partial charge in [-0.3, -0.25) is 9.59 Å². The number of amides is 2. The summed E-state index contributed by atoms with van der Waals surface area (Å²) in [7, 11) is 0. The minimum Gasteiger partial charge on any atom is -0.489 e. The van der Waals surface area contributed by atoms with Crippen molar-refractivity contribution in [1.82, 2.24) is 5.43 Å². The number of carbonyl (C=O) groups excluding carboxylic acids is 2. The topological polar surface area (TPSA) is 79.8 Å². The molecule has 6 nitrogen and oxygen atoms in total. The van der Waals surface area contributed by atoms with E-state index in [0.29, 0.717) is 23.6 Å². The van der Waals surface area contributed by atoms with Crippen LogP contribution in [0.4, 0.5) is 5.69 Å². The second-order valence-corrected chi connectivity index (χ2v) is 5.16. The molecule has 2 amide bonds. The number of anilines is 1. The fourth-order valence-electron chi connectivity index (χ4n) is 1.90. The zero-order valence-electron chi connectivity index (χ0n) is 13.9. The van der Waals surface area contributed by atoms with Gasteiger partial charge < -0.3 is 10.1 Å². The molecule has 6 heteroatoms. The zero-order chi connectivity index (χ0) is 18.1. The number of nitrogens with zero attached hydrogens (tertiary/aromatic N) is 1. The van der Waals surface area contributed by atoms with Crippen molar-refractivity contribution >= 4 is 23.7 Å². The van der Waals surface area contributed by atoms with Gasteiger partial charge in [-0.1, -0.05) is 42.5 Å². The molecule has 0 fully saturated rings. The molecule has 0 unspecified atom stereocenters. The first-order valence-electron chi connectivity index (χ1n) is 7.64. The quantitative estimate of drug-likeness (QED) is 0.368. The molecule has 2 rings (SSSR count). The lowest BCUT2D eigenvalue weighted by Crippen LogP contribution is -2.32. The van der Waals surface area contributed by atoms with Crippen LogP contribution in [0.2, 0.25) is 0 Å². The van der Waals surface area contributed by atoms with Crippen LogP contribution in [0.3, 0.4) is 0 Å². The third-order valence-corrected chi connectivity index (χ3v) is 3.16. The summed E-state index contributed by atoms with van der Waals surface area (Å²) in [5.41, 5.74) is 4.46. The molecular weight excluding hydrogens is 318 g/mol. The van der Waals surface area contributed by atoms with Crippen molar-refractivity contribution in [2.24, 2.45) is 5.10 Å². The Morgan fingerprint density at radius 1 is 1.12 bits per heavy atom. The van der Waals surface area contributed by atoms with Crippen LogP contribution >= 0.6 is 0 Å². The van der Waals surface area contributed by atoms with Gasteiger partial charge in [0.2, 0.25) is 0 Å². The first kappa shape index (κ1) is 17.9. The molecule has 0 saturated carbocycles. The molecule has 0 atom stereocenters. The van der Waals surface area contributed by atoms with Gasteiger partial charge in [-0.05, 0) is 31.2 Å². The summed E-state index contributed by atoms with van der Waals surface area (Å²) in [4.78, 5) is 23.6. The summed E-state index contributed by atoms with van der Waals surface area (Å²) in [5, 5.41) is 6.29. The summed E-state index contributed by atoms with van der Waals surface area (Å²) < 4.78 is 5.48. The molecule has 0 aromatic heterocycles. The van der Waals surface area contributed by atoms with E-state index in [9.17, 15) is 9.59 Å². The van der Waals surface area contributed by atoms with Crippen LogP contribution in [0.1, 0.15) is 11.1 Å². The highest BCUT2D eigenvalue weighted by Gasteiger charge is 2.12. The van der Waals surface area contributed by atoms with Gasteiger partial charge in [-0.15, -0.1) is 0 Å². The molecule has 0 radical (unpaired) electrons. The highest BCUT2D eigenvalue weighted by atomic mass is 16.5. The number of para-hydroxylation sites is 1. The third kappa shape index (κ3) is 5.62. The van der Waals surface area contributed by atoms with Crippen LogP contribution in [0.15, 0.2) is 66.3 Å². The van der Waals surface area contributed by atoms with E-state index in [0.717, 1.165) is 5.56 Å². The summed E-state index contributed by atoms with van der Waals surface area (Å²) in [6.07, 6.45) is 3.04. The van der Waals surface area contributed by atoms with E-state index in [1.807, 2.05) is 31.2 Å². The van der Waals surface area contributed by atoms with Crippen LogP contribution in [0.25, 0.3) is 0 Å². The molecule has 0 saturated heterocycles. The SMILES string of the molecule is C=CCOc1ccccc1/C=N\NC(=O)C(=O)Nc1ccc(C)cc1. The predicted octanol–water partition coefficient (Wildman–Crippen LogP) is 2.65. The average Bonchev–Trinajstić information content (AvgIpc) is 2.62. The van der Waals surface area contributed by atoms with Crippen LogP contribution in [0, 0.1) is 6.92 Å². The highest BCUT2D eigenvalue weighted by Crippen LogP contribution is 2.15. The highest BCUT2D eigenvalue weighted by molar-refractivity contribution is 6.39. The molecule has 0 heterocycles. The molecule has 2 aromatic carbocycles. The Balaban J connectivity index is 1.92. The molecule has 0 aliphatic rings. The van der Waals surface area contributed by atoms with Gasteiger partial charge in [-0.2, -0.15) is 5.10 Å². The van der Waals surface area contributed by atoms with Crippen molar-refractivity contribution < 1.29 is 14.3 Å². The monoisotopic (exact) mass is 337 g/mol. The number of benzene rings is 2. The van der Waals surface area contributed by atoms with Gasteiger partial charge in [0.25, 0.3) is 0 Å². The Hall–Kier alpha value is -3.41. The predicted molar refractivity (Wildman–Crippen MR) is 97.7 cm³/mol. The standard InChI is InChI=1S/C19H19N3O3/c1-3-12-25-17-7-5-4-6-15(17)13-20-22-19(24)18(23)21-16-10-8-14(2)9-11-16/h3-11,13H,1,12H2,2H3,(H,21,23)(H,22,24)/b20-13-. The number of hydrazone groups is 1. The number of ether oxygens (including phenoxy) is 1. The normalized spacial score (nSPS) is 10.3. The van der Waals surface area contributed by atoms with E-state index in [1.54, 1.807) is 30.3 Å². The smallest absolute Gasteiger partial charge is 0.329 e. The molecule has 2 aromatic rings. The Morgan fingerprint density at radius 2 is 1.84 bits per heavy atom. The summed E-state index contributed by atoms with van der Waals surface area (Å²) in [6, 6.07) is 14.3. The number of nitrogens with one attached hydrogen (secondary N) is 2. The Bertz CT molecular complexity index is 783. The third-order valence-electron chi connectivity index (χ3n) is 3.16. The largest absolute Gasteiger partial charge is 0.489 e. The van der Waals surface area contributed by atoms with E-state index in [4.69, 9.17) is 4.74 Å². The number of hydrogen-bond donors (Lipinski definition) is 2. The fourth-order valence-corrected chi connectivity index (χ4v) is 1.90. The maximum Gasteiger partial charge on any atom is 0.329 e. The van der Waals surface area contributed by atoms with Crippen molar-refractivity contribution in [3.63, 3.8) is 0 Å². The van der Waals surface area contributed by atoms with E-state index in [2.05, 4.69) is 22.4 Å². The number of aryl methyl sites for hydroxylation is 1. The van der Waals surface area contributed by atoms with Crippen molar-refractivity contribution in [3.8, 4) is 5.75 Å². The van der Waals surface area contributed by atoms with Crippen LogP contribution in [0.5, 0.6) is 5.75 Å². The summed E-state index contributed by atoms with van der Waals surface area (Å²) in [5.74, 6) is -1.05. The summed E-state index contributed by atoms with van der Waals surface area (Å²) >= 11 is 0. The number of rotatable bonds is 6. The second-order valence-electron chi connectivity index (χ2n) is 5.16. The lowest BCUT2D eigenvalue weighted by atomic mass is 10.2. The maximum atomic E-state index is 11.8. The van der Waals surface area contributed by atoms with E-state index in [-0.39, 0.29) is 0 Å². The molecule has 2 N–H and O–H groups in total. The van der Waals surface area contributed by atoms with Gasteiger partial charge in [0, 0.05) is 11.3 Å². The van der Waals surface area contributed by atoms with Crippen LogP contribution in [-0.4, -0.2) is 24.6 Å². The van der Waals surface area contributed by atoms with Gasteiger partial charge in [0.1, 0.15) is 12.4 Å². The minimum absolute atomic E-state index is 0.357. The Morgan fingerprint density at radius 3 is 2.56 bits per heavy atom. The summed E-state index contributed by atoms with van der Waals surface area (Å²) in [6.45, 7) is 5.88. The van der Waals surface area contributed by atoms with Gasteiger partial charge in [-0.25, -0.2) is 5.43 Å². The molecular formula is C19H19N3O3. The molecule has 25 heavy (non-hydrogen) atoms. The molecule has 0 bridgehead atoms. The first-order valence-corrected chi connectivity index (χ1v) is 7.64. The first-order chi connectivity index (χ1) is 12.1. The minimum atomic E-state index is -0.860. The number of carbonyl (C=O) groups is 2. The van der Waals surface area contributed by atoms with Crippen molar-refractivity contribution in [1.29, 1.82) is 0 Å². The molecule has 0 spiro atoms. The van der Waals surface area contributed by atoms with E-state index < -0.39 is 11.8 Å². The Kier molecular flexibility index (Phi) is 6.47. The molecule has 0 aliphatic heterocycles. The maximum absolute atomic E-state index is 11.8. The fraction of sp³-hybridized carbons (Fsp3) is 0.105. The van der Waals surface area contributed by atoms with Crippen molar-refractivity contribution in [2.45, 2.75) is 6.92 Å². The lowest BCUT2D eigenvalue weighted by Gasteiger charge is -2.06. The van der Waals surface area contributed by atoms with Gasteiger partial charge >= 0.3 is 11.8 Å². The zero-order valence-corrected chi connectivity index (χ0v) is 13.9.